The van der Waals surface area contributed by atoms with E-state index in [2.05, 4.69) is 191 Å². The highest BCUT2D eigenvalue weighted by Crippen LogP contribution is 2.40. The van der Waals surface area contributed by atoms with Crippen LogP contribution in [-0.2, 0) is 0 Å². The number of para-hydroxylation sites is 3. The Morgan fingerprint density at radius 1 is 0.400 bits per heavy atom. The molecule has 0 N–H and O–H groups in total. The highest BCUT2D eigenvalue weighted by molar-refractivity contribution is 6.13. The van der Waals surface area contributed by atoms with Crippen molar-refractivity contribution in [3.63, 3.8) is 0 Å². The molecule has 1 aliphatic rings. The molecule has 10 rings (SSSR count). The van der Waals surface area contributed by atoms with Crippen molar-refractivity contribution in [3.8, 4) is 33.6 Å². The molecule has 0 atom stereocenters. The first-order valence-corrected chi connectivity index (χ1v) is 17.5. The second-order valence-corrected chi connectivity index (χ2v) is 13.3. The lowest BCUT2D eigenvalue weighted by atomic mass is 9.96. The standard InChI is InChI=1S/C48H34N2/c1-3-14-33(15-4-1)35-18-13-19-38(30-35)49-45-24-11-8-21-40(45)42-31-36(26-28-47(42)49)37-27-29-48-43(32-37)41-22-9-12-25-46(41)50(48)44-23-10-7-20-39(44)34-16-5-2-6-17-34/h1-5,7-16,18-32H,6,17H2. The average Bonchev–Trinajstić information content (AvgIpc) is 3.71. The Labute approximate surface area is 291 Å². The van der Waals surface area contributed by atoms with E-state index in [1.54, 1.807) is 0 Å². The van der Waals surface area contributed by atoms with Gasteiger partial charge in [-0.15, -0.1) is 0 Å². The van der Waals surface area contributed by atoms with Crippen LogP contribution >= 0.6 is 0 Å². The molecular formula is C48H34N2. The zero-order chi connectivity index (χ0) is 33.0. The van der Waals surface area contributed by atoms with E-state index in [-0.39, 0.29) is 0 Å². The van der Waals surface area contributed by atoms with E-state index in [1.807, 2.05) is 0 Å². The van der Waals surface area contributed by atoms with E-state index >= 15 is 0 Å². The molecule has 0 saturated carbocycles. The predicted molar refractivity (Wildman–Crippen MR) is 212 cm³/mol. The first-order valence-electron chi connectivity index (χ1n) is 17.5. The fraction of sp³-hybridized carbons (Fsp3) is 0.0417. The Hall–Kier alpha value is -6.38. The Morgan fingerprint density at radius 3 is 1.70 bits per heavy atom. The summed E-state index contributed by atoms with van der Waals surface area (Å²) in [4.78, 5) is 0. The van der Waals surface area contributed by atoms with Crippen LogP contribution in [-0.4, -0.2) is 9.13 Å². The van der Waals surface area contributed by atoms with Crippen LogP contribution in [0.25, 0.3) is 82.8 Å². The lowest BCUT2D eigenvalue weighted by molar-refractivity contribution is 1.05. The van der Waals surface area contributed by atoms with Crippen LogP contribution in [0.4, 0.5) is 0 Å². The molecule has 2 heteroatoms. The average molecular weight is 639 g/mol. The van der Waals surface area contributed by atoms with Crippen LogP contribution in [0, 0.1) is 0 Å². The van der Waals surface area contributed by atoms with E-state index in [0.717, 1.165) is 12.8 Å². The molecule has 0 bridgehead atoms. The zero-order valence-corrected chi connectivity index (χ0v) is 27.6. The summed E-state index contributed by atoms with van der Waals surface area (Å²) in [5.41, 5.74) is 14.9. The minimum absolute atomic E-state index is 1.06. The van der Waals surface area contributed by atoms with E-state index < -0.39 is 0 Å². The SMILES string of the molecule is C1=CCCC(c2ccccc2-n2c3ccccc3c3cc(-c4ccc5c(c4)c4ccccc4n5-c4cccc(-c5ccccc5)c4)ccc32)=C1. The minimum Gasteiger partial charge on any atom is -0.309 e. The molecule has 0 spiro atoms. The molecule has 236 valence electrons. The monoisotopic (exact) mass is 638 g/mol. The van der Waals surface area contributed by atoms with Gasteiger partial charge in [0, 0.05) is 32.8 Å². The molecule has 2 aromatic heterocycles. The van der Waals surface area contributed by atoms with Crippen molar-refractivity contribution in [1.29, 1.82) is 0 Å². The van der Waals surface area contributed by atoms with Crippen molar-refractivity contribution in [2.75, 3.05) is 0 Å². The summed E-state index contributed by atoms with van der Waals surface area (Å²) in [7, 11) is 0. The lowest BCUT2D eigenvalue weighted by Crippen LogP contribution is -2.00. The van der Waals surface area contributed by atoms with Gasteiger partial charge in [-0.1, -0.05) is 127 Å². The topological polar surface area (TPSA) is 9.86 Å². The van der Waals surface area contributed by atoms with E-state index in [0.29, 0.717) is 0 Å². The second kappa shape index (κ2) is 11.6. The fourth-order valence-electron chi connectivity index (χ4n) is 8.07. The molecule has 0 amide bonds. The molecule has 0 unspecified atom stereocenters. The molecule has 50 heavy (non-hydrogen) atoms. The number of rotatable bonds is 5. The number of aromatic nitrogens is 2. The van der Waals surface area contributed by atoms with Gasteiger partial charge in [0.15, 0.2) is 0 Å². The van der Waals surface area contributed by atoms with Gasteiger partial charge in [0.05, 0.1) is 27.8 Å². The third-order valence-electron chi connectivity index (χ3n) is 10.4. The highest BCUT2D eigenvalue weighted by Gasteiger charge is 2.18. The minimum atomic E-state index is 1.06. The fourth-order valence-corrected chi connectivity index (χ4v) is 8.07. The highest BCUT2D eigenvalue weighted by atomic mass is 15.0. The number of nitrogens with zero attached hydrogens (tertiary/aromatic N) is 2. The molecule has 2 nitrogen and oxygen atoms in total. The van der Waals surface area contributed by atoms with Gasteiger partial charge < -0.3 is 9.13 Å². The van der Waals surface area contributed by atoms with Gasteiger partial charge >= 0.3 is 0 Å². The number of benzene rings is 7. The van der Waals surface area contributed by atoms with Gasteiger partial charge in [0.25, 0.3) is 0 Å². The molecule has 0 saturated heterocycles. The van der Waals surface area contributed by atoms with Crippen molar-refractivity contribution in [1.82, 2.24) is 9.13 Å². The van der Waals surface area contributed by atoms with E-state index in [9.17, 15) is 0 Å². The Bertz CT molecular complexity index is 2810. The van der Waals surface area contributed by atoms with Crippen LogP contribution in [0.3, 0.4) is 0 Å². The molecule has 0 fully saturated rings. The number of fused-ring (bicyclic) bond motifs is 6. The molecule has 7 aromatic carbocycles. The summed E-state index contributed by atoms with van der Waals surface area (Å²) in [5, 5.41) is 5.06. The molecular weight excluding hydrogens is 605 g/mol. The number of allylic oxidation sites excluding steroid dienone is 4. The van der Waals surface area contributed by atoms with E-state index in [4.69, 9.17) is 0 Å². The normalized spacial score (nSPS) is 13.1. The Morgan fingerprint density at radius 2 is 0.980 bits per heavy atom. The Balaban J connectivity index is 1.14. The van der Waals surface area contributed by atoms with Crippen molar-refractivity contribution in [2.45, 2.75) is 12.8 Å². The molecule has 1 aliphatic carbocycles. The predicted octanol–water partition coefficient (Wildman–Crippen LogP) is 12.9. The van der Waals surface area contributed by atoms with Crippen LogP contribution < -0.4 is 0 Å². The molecule has 2 heterocycles. The molecule has 0 aliphatic heterocycles. The molecule has 9 aromatic rings. The van der Waals surface area contributed by atoms with Crippen molar-refractivity contribution in [2.24, 2.45) is 0 Å². The third kappa shape index (κ3) is 4.57. The lowest BCUT2D eigenvalue weighted by Gasteiger charge is -2.17. The number of hydrogen-bond acceptors (Lipinski definition) is 0. The van der Waals surface area contributed by atoms with Gasteiger partial charge in [-0.25, -0.2) is 0 Å². The van der Waals surface area contributed by atoms with E-state index in [1.165, 1.54) is 88.4 Å². The van der Waals surface area contributed by atoms with Crippen molar-refractivity contribution >= 4 is 49.2 Å². The third-order valence-corrected chi connectivity index (χ3v) is 10.4. The quantitative estimate of drug-likeness (QED) is 0.178. The smallest absolute Gasteiger partial charge is 0.0541 e. The summed E-state index contributed by atoms with van der Waals surface area (Å²) in [5.74, 6) is 0. The maximum atomic E-state index is 2.46. The number of hydrogen-bond donors (Lipinski definition) is 0. The maximum Gasteiger partial charge on any atom is 0.0541 e. The van der Waals surface area contributed by atoms with Gasteiger partial charge in [0.1, 0.15) is 0 Å². The first-order chi connectivity index (χ1) is 24.8. The van der Waals surface area contributed by atoms with Crippen LogP contribution in [0.15, 0.2) is 182 Å². The van der Waals surface area contributed by atoms with Gasteiger partial charge in [-0.2, -0.15) is 0 Å². The van der Waals surface area contributed by atoms with Crippen LogP contribution in [0.2, 0.25) is 0 Å². The van der Waals surface area contributed by atoms with Gasteiger partial charge in [-0.3, -0.25) is 0 Å². The summed E-state index contributed by atoms with van der Waals surface area (Å²) < 4.78 is 4.87. The maximum absolute atomic E-state index is 2.46. The summed E-state index contributed by atoms with van der Waals surface area (Å²) in [6.45, 7) is 0. The summed E-state index contributed by atoms with van der Waals surface area (Å²) >= 11 is 0. The summed E-state index contributed by atoms with van der Waals surface area (Å²) in [6.07, 6.45) is 8.88. The first kappa shape index (κ1) is 28.6. The summed E-state index contributed by atoms with van der Waals surface area (Å²) in [6, 6.07) is 60.0. The zero-order valence-electron chi connectivity index (χ0n) is 27.6. The Kier molecular flexibility index (Phi) is 6.67. The van der Waals surface area contributed by atoms with Crippen LogP contribution in [0.1, 0.15) is 18.4 Å². The molecule has 0 radical (unpaired) electrons. The second-order valence-electron chi connectivity index (χ2n) is 13.3. The van der Waals surface area contributed by atoms with Crippen molar-refractivity contribution in [3.05, 3.63) is 188 Å². The van der Waals surface area contributed by atoms with Crippen LogP contribution in [0.5, 0.6) is 0 Å². The van der Waals surface area contributed by atoms with Gasteiger partial charge in [-0.05, 0) is 95.3 Å². The van der Waals surface area contributed by atoms with Crippen molar-refractivity contribution < 1.29 is 0 Å². The largest absolute Gasteiger partial charge is 0.309 e. The van der Waals surface area contributed by atoms with Gasteiger partial charge in [0.2, 0.25) is 0 Å².